The van der Waals surface area contributed by atoms with Gasteiger partial charge in [-0.2, -0.15) is 5.10 Å². The van der Waals surface area contributed by atoms with Gasteiger partial charge in [-0.15, -0.1) is 0 Å². The highest BCUT2D eigenvalue weighted by molar-refractivity contribution is 5.94. The van der Waals surface area contributed by atoms with Crippen molar-refractivity contribution in [1.29, 1.82) is 0 Å². The molecule has 1 saturated heterocycles. The summed E-state index contributed by atoms with van der Waals surface area (Å²) in [7, 11) is 0. The van der Waals surface area contributed by atoms with E-state index >= 15 is 0 Å². The van der Waals surface area contributed by atoms with Crippen LogP contribution < -0.4 is 0 Å². The predicted octanol–water partition coefficient (Wildman–Crippen LogP) is 2.14. The number of morpholine rings is 1. The first-order valence-electron chi connectivity index (χ1n) is 8.29. The predicted molar refractivity (Wildman–Crippen MR) is 87.0 cm³/mol. The fourth-order valence-corrected chi connectivity index (χ4v) is 3.42. The number of benzene rings is 1. The lowest BCUT2D eigenvalue weighted by Gasteiger charge is -2.26. The number of nitrogens with zero attached hydrogens (tertiary/aromatic N) is 3. The standard InChI is InChI=1S/C18H21N3O2/c1-13-5-7-14(8-6-13)21-16-4-2-3-15(16)17(19-21)18(22)20-9-11-23-12-10-20/h5-8H,2-4,9-12H2,1H3. The zero-order chi connectivity index (χ0) is 15.8. The number of ether oxygens (including phenoxy) is 1. The van der Waals surface area contributed by atoms with Crippen molar-refractivity contribution < 1.29 is 9.53 Å². The first kappa shape index (κ1) is 14.5. The molecule has 120 valence electrons. The Bertz CT molecular complexity index is 727. The minimum atomic E-state index is 0.0531. The Kier molecular flexibility index (Phi) is 3.65. The Labute approximate surface area is 135 Å². The van der Waals surface area contributed by atoms with Crippen molar-refractivity contribution in [3.63, 3.8) is 0 Å². The van der Waals surface area contributed by atoms with Crippen LogP contribution in [0.4, 0.5) is 0 Å². The molecule has 1 amide bonds. The molecule has 0 N–H and O–H groups in total. The van der Waals surface area contributed by atoms with Crippen LogP contribution in [0.5, 0.6) is 0 Å². The Balaban J connectivity index is 1.72. The molecule has 5 heteroatoms. The van der Waals surface area contributed by atoms with Crippen LogP contribution in [0.2, 0.25) is 0 Å². The third-order valence-corrected chi connectivity index (χ3v) is 4.71. The van der Waals surface area contributed by atoms with Gasteiger partial charge in [-0.25, -0.2) is 4.68 Å². The largest absolute Gasteiger partial charge is 0.378 e. The molecule has 5 nitrogen and oxygen atoms in total. The Morgan fingerprint density at radius 2 is 1.87 bits per heavy atom. The van der Waals surface area contributed by atoms with E-state index in [1.165, 1.54) is 11.3 Å². The summed E-state index contributed by atoms with van der Waals surface area (Å²) >= 11 is 0. The molecule has 0 radical (unpaired) electrons. The quantitative estimate of drug-likeness (QED) is 0.854. The van der Waals surface area contributed by atoms with Crippen LogP contribution in [0.1, 0.15) is 33.7 Å². The van der Waals surface area contributed by atoms with Gasteiger partial charge in [0.15, 0.2) is 5.69 Å². The molecule has 0 saturated carbocycles. The second-order valence-corrected chi connectivity index (χ2v) is 6.28. The van der Waals surface area contributed by atoms with Gasteiger partial charge in [0.25, 0.3) is 5.91 Å². The van der Waals surface area contributed by atoms with Crippen molar-refractivity contribution in [2.45, 2.75) is 26.2 Å². The number of rotatable bonds is 2. The molecule has 0 spiro atoms. The third kappa shape index (κ3) is 2.55. The van der Waals surface area contributed by atoms with E-state index in [0.29, 0.717) is 32.0 Å². The van der Waals surface area contributed by atoms with Crippen molar-refractivity contribution in [3.05, 3.63) is 46.8 Å². The molecule has 1 aromatic heterocycles. The smallest absolute Gasteiger partial charge is 0.274 e. The molecule has 0 atom stereocenters. The normalized spacial score (nSPS) is 17.3. The molecule has 0 bridgehead atoms. The lowest BCUT2D eigenvalue weighted by Crippen LogP contribution is -2.41. The van der Waals surface area contributed by atoms with Crippen LogP contribution in [0.3, 0.4) is 0 Å². The van der Waals surface area contributed by atoms with E-state index in [0.717, 1.165) is 30.5 Å². The van der Waals surface area contributed by atoms with Gasteiger partial charge in [0.2, 0.25) is 0 Å². The fraction of sp³-hybridized carbons (Fsp3) is 0.444. The second kappa shape index (κ2) is 5.81. The van der Waals surface area contributed by atoms with E-state index in [9.17, 15) is 4.79 Å². The molecule has 1 aliphatic carbocycles. The Morgan fingerprint density at radius 1 is 1.13 bits per heavy atom. The lowest BCUT2D eigenvalue weighted by molar-refractivity contribution is 0.0298. The van der Waals surface area contributed by atoms with Crippen LogP contribution in [0.15, 0.2) is 24.3 Å². The SMILES string of the molecule is Cc1ccc(-n2nc(C(=O)N3CCOCC3)c3c2CCC3)cc1. The molecular formula is C18H21N3O2. The number of amides is 1. The highest BCUT2D eigenvalue weighted by Crippen LogP contribution is 2.28. The maximum atomic E-state index is 12.9. The van der Waals surface area contributed by atoms with E-state index in [1.54, 1.807) is 0 Å². The summed E-state index contributed by atoms with van der Waals surface area (Å²) in [6.07, 6.45) is 3.04. The molecular weight excluding hydrogens is 290 g/mol. The van der Waals surface area contributed by atoms with Crippen molar-refractivity contribution in [3.8, 4) is 5.69 Å². The number of fused-ring (bicyclic) bond motifs is 1. The second-order valence-electron chi connectivity index (χ2n) is 6.28. The number of aryl methyl sites for hydroxylation is 1. The Hall–Kier alpha value is -2.14. The van der Waals surface area contributed by atoms with Gasteiger partial charge < -0.3 is 9.64 Å². The molecule has 1 fully saturated rings. The molecule has 1 aromatic carbocycles. The van der Waals surface area contributed by atoms with Crippen LogP contribution >= 0.6 is 0 Å². The van der Waals surface area contributed by atoms with Gasteiger partial charge in [0.05, 0.1) is 18.9 Å². The maximum Gasteiger partial charge on any atom is 0.274 e. The number of carbonyl (C=O) groups excluding carboxylic acids is 1. The van der Waals surface area contributed by atoms with Gasteiger partial charge >= 0.3 is 0 Å². The van der Waals surface area contributed by atoms with E-state index < -0.39 is 0 Å². The molecule has 4 rings (SSSR count). The first-order valence-corrected chi connectivity index (χ1v) is 8.29. The van der Waals surface area contributed by atoms with Gasteiger partial charge in [-0.05, 0) is 38.3 Å². The molecule has 2 aromatic rings. The van der Waals surface area contributed by atoms with E-state index in [1.807, 2.05) is 9.58 Å². The third-order valence-electron chi connectivity index (χ3n) is 4.71. The average molecular weight is 311 g/mol. The molecule has 2 heterocycles. The number of aromatic nitrogens is 2. The molecule has 0 unspecified atom stereocenters. The number of carbonyl (C=O) groups is 1. The molecule has 23 heavy (non-hydrogen) atoms. The van der Waals surface area contributed by atoms with Gasteiger partial charge in [-0.3, -0.25) is 4.79 Å². The number of hydrogen-bond donors (Lipinski definition) is 0. The summed E-state index contributed by atoms with van der Waals surface area (Å²) in [5.41, 5.74) is 5.24. The molecule has 1 aliphatic heterocycles. The first-order chi connectivity index (χ1) is 11.2. The van der Waals surface area contributed by atoms with Gasteiger partial charge in [-0.1, -0.05) is 17.7 Å². The zero-order valence-electron chi connectivity index (χ0n) is 13.4. The minimum Gasteiger partial charge on any atom is -0.378 e. The van der Waals surface area contributed by atoms with Crippen LogP contribution in [-0.2, 0) is 17.6 Å². The monoisotopic (exact) mass is 311 g/mol. The summed E-state index contributed by atoms with van der Waals surface area (Å²) in [6, 6.07) is 8.32. The molecule has 2 aliphatic rings. The van der Waals surface area contributed by atoms with E-state index in [4.69, 9.17) is 9.84 Å². The van der Waals surface area contributed by atoms with Crippen molar-refractivity contribution in [2.24, 2.45) is 0 Å². The number of hydrogen-bond acceptors (Lipinski definition) is 3. The lowest BCUT2D eigenvalue weighted by atomic mass is 10.1. The fourth-order valence-electron chi connectivity index (χ4n) is 3.42. The van der Waals surface area contributed by atoms with E-state index in [2.05, 4.69) is 31.2 Å². The maximum absolute atomic E-state index is 12.9. The summed E-state index contributed by atoms with van der Waals surface area (Å²) in [5, 5.41) is 4.69. The summed E-state index contributed by atoms with van der Waals surface area (Å²) in [6.45, 7) is 4.62. The highest BCUT2D eigenvalue weighted by Gasteiger charge is 2.30. The van der Waals surface area contributed by atoms with Crippen LogP contribution in [-0.4, -0.2) is 46.9 Å². The van der Waals surface area contributed by atoms with Crippen LogP contribution in [0.25, 0.3) is 5.69 Å². The van der Waals surface area contributed by atoms with Crippen LogP contribution in [0, 0.1) is 6.92 Å². The van der Waals surface area contributed by atoms with Gasteiger partial charge in [0, 0.05) is 24.3 Å². The highest BCUT2D eigenvalue weighted by atomic mass is 16.5. The van der Waals surface area contributed by atoms with Crippen molar-refractivity contribution in [1.82, 2.24) is 14.7 Å². The summed E-state index contributed by atoms with van der Waals surface area (Å²) < 4.78 is 7.31. The van der Waals surface area contributed by atoms with Gasteiger partial charge in [0.1, 0.15) is 0 Å². The topological polar surface area (TPSA) is 47.4 Å². The summed E-state index contributed by atoms with van der Waals surface area (Å²) in [5.74, 6) is 0.0531. The average Bonchev–Trinajstić information content (AvgIpc) is 3.18. The van der Waals surface area contributed by atoms with Crippen molar-refractivity contribution in [2.75, 3.05) is 26.3 Å². The van der Waals surface area contributed by atoms with E-state index in [-0.39, 0.29) is 5.91 Å². The minimum absolute atomic E-state index is 0.0531. The summed E-state index contributed by atoms with van der Waals surface area (Å²) in [4.78, 5) is 14.7. The zero-order valence-corrected chi connectivity index (χ0v) is 13.4. The van der Waals surface area contributed by atoms with Crippen molar-refractivity contribution >= 4 is 5.91 Å². The Morgan fingerprint density at radius 3 is 2.61 bits per heavy atom.